The van der Waals surface area contributed by atoms with Crippen LogP contribution in [0.5, 0.6) is 0 Å². The molecule has 0 aliphatic rings. The van der Waals surface area contributed by atoms with Gasteiger partial charge in [0.2, 0.25) is 0 Å². The summed E-state index contributed by atoms with van der Waals surface area (Å²) in [5.74, 6) is -0.388. The molecule has 0 aliphatic heterocycles. The van der Waals surface area contributed by atoms with Crippen LogP contribution in [0.3, 0.4) is 0 Å². The SMILES string of the molecule is C=CCCCOC(=O)C(CC=N)OC(C)C. The van der Waals surface area contributed by atoms with Crippen molar-refractivity contribution < 1.29 is 14.3 Å². The molecular formula is C12H21NO3. The van der Waals surface area contributed by atoms with Gasteiger partial charge in [-0.05, 0) is 32.9 Å². The van der Waals surface area contributed by atoms with Crippen molar-refractivity contribution in [1.82, 2.24) is 0 Å². The molecule has 0 aliphatic carbocycles. The van der Waals surface area contributed by atoms with Crippen molar-refractivity contribution >= 4 is 12.2 Å². The zero-order chi connectivity index (χ0) is 12.4. The second kappa shape index (κ2) is 9.09. The van der Waals surface area contributed by atoms with Gasteiger partial charge in [-0.25, -0.2) is 4.79 Å². The minimum atomic E-state index is -0.652. The number of carbonyl (C=O) groups excluding carboxylic acids is 1. The van der Waals surface area contributed by atoms with Crippen LogP contribution in [0.4, 0.5) is 0 Å². The lowest BCUT2D eigenvalue weighted by Crippen LogP contribution is -2.29. The number of nitrogens with one attached hydrogen (secondary N) is 1. The van der Waals surface area contributed by atoms with Gasteiger partial charge in [0.15, 0.2) is 6.10 Å². The summed E-state index contributed by atoms with van der Waals surface area (Å²) in [5.41, 5.74) is 0. The summed E-state index contributed by atoms with van der Waals surface area (Å²) in [5, 5.41) is 6.99. The van der Waals surface area contributed by atoms with Crippen LogP contribution in [0.1, 0.15) is 33.1 Å². The minimum absolute atomic E-state index is 0.0503. The van der Waals surface area contributed by atoms with Gasteiger partial charge in [-0.1, -0.05) is 6.08 Å². The maximum Gasteiger partial charge on any atom is 0.335 e. The smallest absolute Gasteiger partial charge is 0.335 e. The lowest BCUT2D eigenvalue weighted by atomic mass is 10.2. The molecule has 4 heteroatoms. The highest BCUT2D eigenvalue weighted by atomic mass is 16.6. The van der Waals surface area contributed by atoms with Crippen LogP contribution in [-0.2, 0) is 14.3 Å². The summed E-state index contributed by atoms with van der Waals surface area (Å²) in [6.07, 6.45) is 4.11. The molecule has 0 saturated carbocycles. The van der Waals surface area contributed by atoms with Crippen molar-refractivity contribution in [2.45, 2.75) is 45.3 Å². The highest BCUT2D eigenvalue weighted by Crippen LogP contribution is 2.05. The molecule has 0 spiro atoms. The molecule has 1 atom stereocenters. The molecule has 0 bridgehead atoms. The summed E-state index contributed by atoms with van der Waals surface area (Å²) in [7, 11) is 0. The number of allylic oxidation sites excluding steroid dienone is 1. The first-order valence-corrected chi connectivity index (χ1v) is 5.53. The van der Waals surface area contributed by atoms with Crippen LogP contribution in [0.2, 0.25) is 0 Å². The molecule has 92 valence electrons. The van der Waals surface area contributed by atoms with Gasteiger partial charge in [-0.3, -0.25) is 0 Å². The van der Waals surface area contributed by atoms with E-state index in [1.807, 2.05) is 13.8 Å². The van der Waals surface area contributed by atoms with Crippen molar-refractivity contribution in [3.63, 3.8) is 0 Å². The van der Waals surface area contributed by atoms with E-state index in [1.54, 1.807) is 6.08 Å². The monoisotopic (exact) mass is 227 g/mol. The Balaban J connectivity index is 3.95. The Morgan fingerprint density at radius 2 is 2.19 bits per heavy atom. The van der Waals surface area contributed by atoms with Crippen molar-refractivity contribution in [3.8, 4) is 0 Å². The maximum atomic E-state index is 11.6. The minimum Gasteiger partial charge on any atom is -0.464 e. The van der Waals surface area contributed by atoms with E-state index in [-0.39, 0.29) is 18.5 Å². The van der Waals surface area contributed by atoms with E-state index in [2.05, 4.69) is 6.58 Å². The summed E-state index contributed by atoms with van der Waals surface area (Å²) >= 11 is 0. The Labute approximate surface area is 97.1 Å². The van der Waals surface area contributed by atoms with E-state index in [0.717, 1.165) is 19.1 Å². The highest BCUT2D eigenvalue weighted by Gasteiger charge is 2.20. The van der Waals surface area contributed by atoms with E-state index in [0.29, 0.717) is 6.61 Å². The third kappa shape index (κ3) is 7.17. The first kappa shape index (κ1) is 14.8. The van der Waals surface area contributed by atoms with Gasteiger partial charge in [-0.15, -0.1) is 6.58 Å². The Morgan fingerprint density at radius 1 is 1.50 bits per heavy atom. The lowest BCUT2D eigenvalue weighted by molar-refractivity contribution is -0.159. The molecule has 0 saturated heterocycles. The van der Waals surface area contributed by atoms with Crippen LogP contribution in [-0.4, -0.2) is 31.0 Å². The first-order chi connectivity index (χ1) is 7.61. The first-order valence-electron chi connectivity index (χ1n) is 5.53. The fraction of sp³-hybridized carbons (Fsp3) is 0.667. The van der Waals surface area contributed by atoms with Gasteiger partial charge in [0, 0.05) is 6.42 Å². The van der Waals surface area contributed by atoms with Crippen molar-refractivity contribution in [2.75, 3.05) is 6.61 Å². The lowest BCUT2D eigenvalue weighted by Gasteiger charge is -2.17. The summed E-state index contributed by atoms with van der Waals surface area (Å²) in [6, 6.07) is 0. The predicted molar refractivity (Wildman–Crippen MR) is 63.8 cm³/mol. The molecule has 0 amide bonds. The average Bonchev–Trinajstić information content (AvgIpc) is 2.23. The number of esters is 1. The molecule has 0 fully saturated rings. The van der Waals surface area contributed by atoms with Crippen LogP contribution in [0, 0.1) is 5.41 Å². The Kier molecular flexibility index (Phi) is 8.43. The number of hydrogen-bond donors (Lipinski definition) is 1. The molecule has 0 aromatic carbocycles. The predicted octanol–water partition coefficient (Wildman–Crippen LogP) is 2.33. The number of carbonyl (C=O) groups is 1. The number of hydrogen-bond acceptors (Lipinski definition) is 4. The standard InChI is InChI=1S/C12H21NO3/c1-4-5-6-9-15-12(14)11(7-8-13)16-10(2)3/h4,8,10-11,13H,1,5-7,9H2,2-3H3. The van der Waals surface area contributed by atoms with Gasteiger partial charge < -0.3 is 14.9 Å². The zero-order valence-corrected chi connectivity index (χ0v) is 10.1. The van der Waals surface area contributed by atoms with E-state index in [9.17, 15) is 4.79 Å². The van der Waals surface area contributed by atoms with Gasteiger partial charge in [-0.2, -0.15) is 0 Å². The quantitative estimate of drug-likeness (QED) is 0.284. The Hall–Kier alpha value is -1.16. The summed E-state index contributed by atoms with van der Waals surface area (Å²) < 4.78 is 10.4. The molecule has 0 heterocycles. The van der Waals surface area contributed by atoms with Gasteiger partial charge in [0.05, 0.1) is 12.7 Å². The van der Waals surface area contributed by atoms with Gasteiger partial charge >= 0.3 is 5.97 Å². The van der Waals surface area contributed by atoms with Crippen LogP contribution in [0.25, 0.3) is 0 Å². The molecule has 0 aromatic heterocycles. The van der Waals surface area contributed by atoms with Crippen molar-refractivity contribution in [1.29, 1.82) is 5.41 Å². The molecule has 0 radical (unpaired) electrons. The molecule has 4 nitrogen and oxygen atoms in total. The molecule has 1 unspecified atom stereocenters. The Bertz CT molecular complexity index is 226. The van der Waals surface area contributed by atoms with E-state index in [1.165, 1.54) is 0 Å². The van der Waals surface area contributed by atoms with Gasteiger partial charge in [0.1, 0.15) is 0 Å². The summed E-state index contributed by atoms with van der Waals surface area (Å²) in [4.78, 5) is 11.6. The maximum absolute atomic E-state index is 11.6. The van der Waals surface area contributed by atoms with E-state index in [4.69, 9.17) is 14.9 Å². The second-order valence-corrected chi connectivity index (χ2v) is 3.71. The largest absolute Gasteiger partial charge is 0.464 e. The highest BCUT2D eigenvalue weighted by molar-refractivity contribution is 5.78. The number of unbranched alkanes of at least 4 members (excludes halogenated alkanes) is 1. The normalized spacial score (nSPS) is 12.2. The average molecular weight is 227 g/mol. The van der Waals surface area contributed by atoms with Crippen LogP contribution < -0.4 is 0 Å². The fourth-order valence-corrected chi connectivity index (χ4v) is 1.14. The second-order valence-electron chi connectivity index (χ2n) is 3.71. The fourth-order valence-electron chi connectivity index (χ4n) is 1.14. The van der Waals surface area contributed by atoms with Crippen LogP contribution in [0.15, 0.2) is 12.7 Å². The Morgan fingerprint density at radius 3 is 2.69 bits per heavy atom. The van der Waals surface area contributed by atoms with Crippen molar-refractivity contribution in [3.05, 3.63) is 12.7 Å². The molecule has 16 heavy (non-hydrogen) atoms. The number of ether oxygens (including phenoxy) is 2. The molecule has 0 rings (SSSR count). The van der Waals surface area contributed by atoms with Crippen molar-refractivity contribution in [2.24, 2.45) is 0 Å². The molecule has 1 N–H and O–H groups in total. The number of rotatable bonds is 9. The molecule has 0 aromatic rings. The topological polar surface area (TPSA) is 59.4 Å². The van der Waals surface area contributed by atoms with E-state index < -0.39 is 6.10 Å². The third-order valence-electron chi connectivity index (χ3n) is 1.83. The zero-order valence-electron chi connectivity index (χ0n) is 10.1. The van der Waals surface area contributed by atoms with E-state index >= 15 is 0 Å². The van der Waals surface area contributed by atoms with Gasteiger partial charge in [0.25, 0.3) is 0 Å². The molecular weight excluding hydrogens is 206 g/mol. The van der Waals surface area contributed by atoms with Crippen LogP contribution >= 0.6 is 0 Å². The third-order valence-corrected chi connectivity index (χ3v) is 1.83. The summed E-state index contributed by atoms with van der Waals surface area (Å²) in [6.45, 7) is 7.66.